The van der Waals surface area contributed by atoms with Crippen molar-refractivity contribution in [2.24, 2.45) is 0 Å². The molecule has 0 aromatic heterocycles. The molecule has 25 heavy (non-hydrogen) atoms. The maximum atomic E-state index is 12.1. The van der Waals surface area contributed by atoms with E-state index >= 15 is 0 Å². The highest BCUT2D eigenvalue weighted by Gasteiger charge is 2.18. The minimum absolute atomic E-state index is 0.00736. The molecule has 6 nitrogen and oxygen atoms in total. The highest BCUT2D eigenvalue weighted by Crippen LogP contribution is 2.15. The molecule has 0 fully saturated rings. The molecule has 0 atom stereocenters. The van der Waals surface area contributed by atoms with E-state index < -0.39 is 11.9 Å². The molecule has 0 spiro atoms. The Kier molecular flexibility index (Phi) is 8.11. The van der Waals surface area contributed by atoms with Gasteiger partial charge in [-0.1, -0.05) is 26.0 Å². The number of likely N-dealkylation sites (N-methyl/N-ethyl adjacent to an activating group) is 1. The molecule has 0 aliphatic carbocycles. The second-order valence-corrected chi connectivity index (χ2v) is 6.48. The van der Waals surface area contributed by atoms with Gasteiger partial charge in [0.2, 0.25) is 5.91 Å². The first-order valence-corrected chi connectivity index (χ1v) is 8.58. The van der Waals surface area contributed by atoms with Crippen molar-refractivity contribution < 1.29 is 19.1 Å². The SMILES string of the molecule is CCN(CC(=O)NC(C)C)C(=O)COC(=O)c1ccc(C(C)C)cc1. The van der Waals surface area contributed by atoms with Crippen LogP contribution in [-0.2, 0) is 14.3 Å². The number of nitrogens with one attached hydrogen (secondary N) is 1. The Morgan fingerprint density at radius 3 is 2.16 bits per heavy atom. The molecule has 1 rings (SSSR count). The first-order valence-electron chi connectivity index (χ1n) is 8.58. The van der Waals surface area contributed by atoms with Gasteiger partial charge in [-0.3, -0.25) is 9.59 Å². The van der Waals surface area contributed by atoms with Gasteiger partial charge in [0.1, 0.15) is 0 Å². The topological polar surface area (TPSA) is 75.7 Å². The van der Waals surface area contributed by atoms with E-state index in [1.165, 1.54) is 4.90 Å². The summed E-state index contributed by atoms with van der Waals surface area (Å²) in [7, 11) is 0. The fraction of sp³-hybridized carbons (Fsp3) is 0.526. The van der Waals surface area contributed by atoms with Crippen molar-refractivity contribution in [1.29, 1.82) is 0 Å². The summed E-state index contributed by atoms with van der Waals surface area (Å²) in [6.07, 6.45) is 0. The van der Waals surface area contributed by atoms with Crippen molar-refractivity contribution in [3.63, 3.8) is 0 Å². The summed E-state index contributed by atoms with van der Waals surface area (Å²) in [6.45, 7) is 9.55. The van der Waals surface area contributed by atoms with Gasteiger partial charge >= 0.3 is 5.97 Å². The van der Waals surface area contributed by atoms with Crippen molar-refractivity contribution in [3.05, 3.63) is 35.4 Å². The average molecular weight is 348 g/mol. The Morgan fingerprint density at radius 2 is 1.68 bits per heavy atom. The predicted octanol–water partition coefficient (Wildman–Crippen LogP) is 2.34. The van der Waals surface area contributed by atoms with Gasteiger partial charge in [-0.2, -0.15) is 0 Å². The average Bonchev–Trinajstić information content (AvgIpc) is 2.56. The van der Waals surface area contributed by atoms with Crippen molar-refractivity contribution in [2.75, 3.05) is 19.7 Å². The maximum Gasteiger partial charge on any atom is 0.338 e. The molecular weight excluding hydrogens is 320 g/mol. The number of nitrogens with zero attached hydrogens (tertiary/aromatic N) is 1. The smallest absolute Gasteiger partial charge is 0.338 e. The van der Waals surface area contributed by atoms with Gasteiger partial charge in [-0.25, -0.2) is 4.79 Å². The highest BCUT2D eigenvalue weighted by molar-refractivity contribution is 5.92. The number of ether oxygens (including phenoxy) is 1. The van der Waals surface area contributed by atoms with Gasteiger partial charge in [-0.15, -0.1) is 0 Å². The summed E-state index contributed by atoms with van der Waals surface area (Å²) in [5.41, 5.74) is 1.53. The first-order chi connectivity index (χ1) is 11.7. The predicted molar refractivity (Wildman–Crippen MR) is 96.3 cm³/mol. The first kappa shape index (κ1) is 20.7. The van der Waals surface area contributed by atoms with E-state index in [0.717, 1.165) is 5.56 Å². The van der Waals surface area contributed by atoms with Gasteiger partial charge in [0, 0.05) is 12.6 Å². The van der Waals surface area contributed by atoms with E-state index in [0.29, 0.717) is 18.0 Å². The molecule has 2 amide bonds. The molecular formula is C19H28N2O4. The third-order valence-corrected chi connectivity index (χ3v) is 3.66. The lowest BCUT2D eigenvalue weighted by atomic mass is 10.0. The largest absolute Gasteiger partial charge is 0.452 e. The summed E-state index contributed by atoms with van der Waals surface area (Å²) < 4.78 is 5.07. The van der Waals surface area contributed by atoms with Crippen molar-refractivity contribution >= 4 is 17.8 Å². The van der Waals surface area contributed by atoms with E-state index in [1.807, 2.05) is 26.0 Å². The van der Waals surface area contributed by atoms with Crippen LogP contribution in [0.15, 0.2) is 24.3 Å². The van der Waals surface area contributed by atoms with Gasteiger partial charge in [0.15, 0.2) is 6.61 Å². The standard InChI is InChI=1S/C19H28N2O4/c1-6-21(11-17(22)20-14(4)5)18(23)12-25-19(24)16-9-7-15(8-10-16)13(2)3/h7-10,13-14H,6,11-12H2,1-5H3,(H,20,22). The number of esters is 1. The molecule has 0 heterocycles. The number of carbonyl (C=O) groups is 3. The zero-order valence-electron chi connectivity index (χ0n) is 15.7. The minimum Gasteiger partial charge on any atom is -0.452 e. The van der Waals surface area contributed by atoms with Crippen LogP contribution < -0.4 is 5.32 Å². The lowest BCUT2D eigenvalue weighted by Crippen LogP contribution is -2.44. The molecule has 1 aromatic rings. The number of hydrogen-bond donors (Lipinski definition) is 1. The normalized spacial score (nSPS) is 10.7. The molecule has 1 N–H and O–H groups in total. The highest BCUT2D eigenvalue weighted by atomic mass is 16.5. The van der Waals surface area contributed by atoms with Crippen molar-refractivity contribution in [2.45, 2.75) is 46.6 Å². The van der Waals surface area contributed by atoms with Crippen LogP contribution in [-0.4, -0.2) is 48.4 Å². The fourth-order valence-corrected chi connectivity index (χ4v) is 2.22. The van der Waals surface area contributed by atoms with E-state index in [2.05, 4.69) is 19.2 Å². The quantitative estimate of drug-likeness (QED) is 0.732. The number of amides is 2. The van der Waals surface area contributed by atoms with Crippen molar-refractivity contribution in [1.82, 2.24) is 10.2 Å². The van der Waals surface area contributed by atoms with Crippen molar-refractivity contribution in [3.8, 4) is 0 Å². The lowest BCUT2D eigenvalue weighted by Gasteiger charge is -2.21. The molecule has 0 aliphatic heterocycles. The molecule has 0 aliphatic rings. The molecule has 0 saturated heterocycles. The van der Waals surface area contributed by atoms with Crippen LogP contribution in [0.1, 0.15) is 56.5 Å². The summed E-state index contributed by atoms with van der Waals surface area (Å²) in [5.74, 6) is -0.803. The van der Waals surface area contributed by atoms with Gasteiger partial charge < -0.3 is 15.0 Å². The van der Waals surface area contributed by atoms with Gasteiger partial charge in [0.05, 0.1) is 12.1 Å². The number of carbonyl (C=O) groups excluding carboxylic acids is 3. The zero-order valence-corrected chi connectivity index (χ0v) is 15.7. The molecule has 0 saturated carbocycles. The molecule has 138 valence electrons. The third kappa shape index (κ3) is 6.95. The van der Waals surface area contributed by atoms with Crippen LogP contribution in [0.5, 0.6) is 0 Å². The lowest BCUT2D eigenvalue weighted by molar-refractivity contribution is -0.138. The summed E-state index contributed by atoms with van der Waals surface area (Å²) in [6, 6.07) is 7.13. The van der Waals surface area contributed by atoms with Crippen LogP contribution in [0.25, 0.3) is 0 Å². The Balaban J connectivity index is 2.55. The molecule has 1 aromatic carbocycles. The summed E-state index contributed by atoms with van der Waals surface area (Å²) in [4.78, 5) is 37.3. The number of benzene rings is 1. The minimum atomic E-state index is -0.550. The van der Waals surface area contributed by atoms with Crippen LogP contribution in [0.2, 0.25) is 0 Å². The van der Waals surface area contributed by atoms with E-state index in [9.17, 15) is 14.4 Å². The van der Waals surface area contributed by atoms with E-state index in [1.54, 1.807) is 19.1 Å². The summed E-state index contributed by atoms with van der Waals surface area (Å²) >= 11 is 0. The Bertz CT molecular complexity index is 594. The van der Waals surface area contributed by atoms with Gasteiger partial charge in [-0.05, 0) is 44.4 Å². The van der Waals surface area contributed by atoms with Crippen LogP contribution in [0, 0.1) is 0 Å². The Morgan fingerprint density at radius 1 is 1.08 bits per heavy atom. The van der Waals surface area contributed by atoms with E-state index in [4.69, 9.17) is 4.74 Å². The third-order valence-electron chi connectivity index (χ3n) is 3.66. The van der Waals surface area contributed by atoms with Crippen LogP contribution in [0.3, 0.4) is 0 Å². The van der Waals surface area contributed by atoms with E-state index in [-0.39, 0.29) is 25.1 Å². The maximum absolute atomic E-state index is 12.1. The number of rotatable bonds is 8. The molecule has 0 bridgehead atoms. The Hall–Kier alpha value is -2.37. The summed E-state index contributed by atoms with van der Waals surface area (Å²) in [5, 5.41) is 2.73. The van der Waals surface area contributed by atoms with Crippen LogP contribution >= 0.6 is 0 Å². The molecule has 0 radical (unpaired) electrons. The zero-order chi connectivity index (χ0) is 19.0. The second kappa shape index (κ2) is 9.81. The second-order valence-electron chi connectivity index (χ2n) is 6.48. The fourth-order valence-electron chi connectivity index (χ4n) is 2.22. The van der Waals surface area contributed by atoms with Gasteiger partial charge in [0.25, 0.3) is 5.91 Å². The molecule has 6 heteroatoms. The Labute approximate surface area is 149 Å². The monoisotopic (exact) mass is 348 g/mol. The van der Waals surface area contributed by atoms with Crippen LogP contribution in [0.4, 0.5) is 0 Å². The molecule has 0 unspecified atom stereocenters. The number of hydrogen-bond acceptors (Lipinski definition) is 4.